The number of carboxylic acid groups (broad SMARTS) is 1. The molecular weight excluding hydrogens is 494 g/mol. The van der Waals surface area contributed by atoms with Crippen molar-refractivity contribution < 1.29 is 29.4 Å². The van der Waals surface area contributed by atoms with E-state index in [0.29, 0.717) is 25.1 Å². The monoisotopic (exact) mass is 531 g/mol. The molecule has 1 aromatic carbocycles. The average Bonchev–Trinajstić information content (AvgIpc) is 3.40. The minimum Gasteiger partial charge on any atom is -0.480 e. The highest BCUT2D eigenvalue weighted by Crippen LogP contribution is 2.08. The van der Waals surface area contributed by atoms with Crippen LogP contribution in [0.5, 0.6) is 0 Å². The Morgan fingerprint density at radius 1 is 0.947 bits per heavy atom. The molecule has 208 valence electrons. The second-order valence-corrected chi connectivity index (χ2v) is 9.04. The van der Waals surface area contributed by atoms with Gasteiger partial charge in [0.25, 0.3) is 0 Å². The Hall–Kier alpha value is -3.81. The van der Waals surface area contributed by atoms with Crippen molar-refractivity contribution in [2.24, 2.45) is 11.5 Å². The Balaban J connectivity index is 2.19. The van der Waals surface area contributed by atoms with Crippen LogP contribution < -0.4 is 27.4 Å². The zero-order valence-electron chi connectivity index (χ0n) is 21.3. The van der Waals surface area contributed by atoms with Gasteiger partial charge in [-0.3, -0.25) is 14.4 Å². The number of carboxylic acids is 1. The van der Waals surface area contributed by atoms with Crippen molar-refractivity contribution in [3.8, 4) is 0 Å². The SMILES string of the molecule is CC(O)C(N)C(=O)NC(Cc1cnc[nH]1)C(=O)NC(CCCCN)C(=O)NC(Cc1ccccc1)C(=O)O. The highest BCUT2D eigenvalue weighted by Gasteiger charge is 2.31. The molecule has 2 aromatic rings. The van der Waals surface area contributed by atoms with Crippen molar-refractivity contribution in [3.63, 3.8) is 0 Å². The van der Waals surface area contributed by atoms with Crippen LogP contribution in [-0.4, -0.2) is 80.7 Å². The van der Waals surface area contributed by atoms with Crippen molar-refractivity contribution in [3.05, 3.63) is 54.1 Å². The van der Waals surface area contributed by atoms with Crippen LogP contribution in [0.4, 0.5) is 0 Å². The first-order valence-corrected chi connectivity index (χ1v) is 12.4. The summed E-state index contributed by atoms with van der Waals surface area (Å²) in [6, 6.07) is 4.11. The number of carbonyl (C=O) groups is 4. The van der Waals surface area contributed by atoms with Crippen LogP contribution in [0.3, 0.4) is 0 Å². The predicted octanol–water partition coefficient (Wildman–Crippen LogP) is -1.43. The predicted molar refractivity (Wildman–Crippen MR) is 138 cm³/mol. The number of rotatable bonds is 16. The molecule has 5 atom stereocenters. The van der Waals surface area contributed by atoms with E-state index in [1.54, 1.807) is 30.3 Å². The van der Waals surface area contributed by atoms with Gasteiger partial charge in [0.2, 0.25) is 17.7 Å². The largest absolute Gasteiger partial charge is 0.480 e. The number of nitrogens with two attached hydrogens (primary N) is 2. The number of nitrogens with one attached hydrogen (secondary N) is 4. The van der Waals surface area contributed by atoms with Crippen molar-refractivity contribution >= 4 is 23.7 Å². The summed E-state index contributed by atoms with van der Waals surface area (Å²) >= 11 is 0. The Labute approximate surface area is 220 Å². The normalized spacial score (nSPS) is 14.9. The molecule has 2 rings (SSSR count). The van der Waals surface area contributed by atoms with Gasteiger partial charge in [-0.25, -0.2) is 9.78 Å². The summed E-state index contributed by atoms with van der Waals surface area (Å²) in [5.41, 5.74) is 12.5. The lowest BCUT2D eigenvalue weighted by atomic mass is 10.0. The number of amides is 3. The van der Waals surface area contributed by atoms with Crippen LogP contribution in [0.1, 0.15) is 37.4 Å². The molecule has 13 heteroatoms. The lowest BCUT2D eigenvalue weighted by molar-refractivity contribution is -0.142. The van der Waals surface area contributed by atoms with Crippen LogP contribution in [-0.2, 0) is 32.0 Å². The van der Waals surface area contributed by atoms with Crippen molar-refractivity contribution in [1.29, 1.82) is 0 Å². The van der Waals surface area contributed by atoms with Crippen LogP contribution >= 0.6 is 0 Å². The first-order chi connectivity index (χ1) is 18.1. The number of aliphatic hydroxyl groups excluding tert-OH is 1. The minimum absolute atomic E-state index is 0.00694. The Bertz CT molecular complexity index is 1030. The minimum atomic E-state index is -1.27. The summed E-state index contributed by atoms with van der Waals surface area (Å²) in [4.78, 5) is 57.5. The summed E-state index contributed by atoms with van der Waals surface area (Å²) in [5.74, 6) is -3.33. The number of aliphatic hydroxyl groups is 1. The van der Waals surface area contributed by atoms with Crippen LogP contribution in [0.25, 0.3) is 0 Å². The first-order valence-electron chi connectivity index (χ1n) is 12.4. The lowest BCUT2D eigenvalue weighted by Crippen LogP contribution is -2.58. The second-order valence-electron chi connectivity index (χ2n) is 9.04. The molecule has 3 amide bonds. The number of imidazole rings is 1. The Morgan fingerprint density at radius 2 is 1.58 bits per heavy atom. The highest BCUT2D eigenvalue weighted by atomic mass is 16.4. The van der Waals surface area contributed by atoms with E-state index in [4.69, 9.17) is 11.5 Å². The van der Waals surface area contributed by atoms with Gasteiger partial charge in [-0.15, -0.1) is 0 Å². The summed E-state index contributed by atoms with van der Waals surface area (Å²) in [7, 11) is 0. The number of benzene rings is 1. The fourth-order valence-electron chi connectivity index (χ4n) is 3.67. The van der Waals surface area contributed by atoms with E-state index in [1.165, 1.54) is 19.4 Å². The van der Waals surface area contributed by atoms with Gasteiger partial charge in [0.15, 0.2) is 0 Å². The van der Waals surface area contributed by atoms with Gasteiger partial charge in [0, 0.05) is 24.7 Å². The van der Waals surface area contributed by atoms with E-state index in [9.17, 15) is 29.4 Å². The molecule has 0 saturated carbocycles. The number of aromatic nitrogens is 2. The van der Waals surface area contributed by atoms with E-state index >= 15 is 0 Å². The average molecular weight is 532 g/mol. The van der Waals surface area contributed by atoms with Gasteiger partial charge in [0.1, 0.15) is 24.2 Å². The van der Waals surface area contributed by atoms with Crippen LogP contribution in [0, 0.1) is 0 Å². The molecule has 0 fully saturated rings. The van der Waals surface area contributed by atoms with E-state index < -0.39 is 54.0 Å². The standard InChI is InChI=1S/C25H37N7O6/c1-15(33)21(27)24(36)31-19(12-17-13-28-14-29-17)23(35)30-18(9-5-6-10-26)22(34)32-20(25(37)38)11-16-7-3-2-4-8-16/h2-4,7-8,13-15,18-21,33H,5-6,9-12,26-27H2,1H3,(H,28,29)(H,30,35)(H,31,36)(H,32,34)(H,37,38). The van der Waals surface area contributed by atoms with E-state index in [2.05, 4.69) is 25.9 Å². The maximum atomic E-state index is 13.3. The zero-order valence-corrected chi connectivity index (χ0v) is 21.3. The third kappa shape index (κ3) is 9.92. The molecule has 0 aliphatic heterocycles. The number of carbonyl (C=O) groups excluding carboxylic acids is 3. The first kappa shape index (κ1) is 30.4. The molecule has 13 nitrogen and oxygen atoms in total. The van der Waals surface area contributed by atoms with Gasteiger partial charge in [-0.1, -0.05) is 30.3 Å². The van der Waals surface area contributed by atoms with Crippen molar-refractivity contribution in [2.45, 2.75) is 69.3 Å². The van der Waals surface area contributed by atoms with Crippen molar-refractivity contribution in [1.82, 2.24) is 25.9 Å². The quantitative estimate of drug-likeness (QED) is 0.119. The smallest absolute Gasteiger partial charge is 0.326 e. The van der Waals surface area contributed by atoms with Gasteiger partial charge in [-0.2, -0.15) is 0 Å². The highest BCUT2D eigenvalue weighted by molar-refractivity contribution is 5.94. The Morgan fingerprint density at radius 3 is 2.16 bits per heavy atom. The zero-order chi connectivity index (χ0) is 28.1. The number of aliphatic carboxylic acids is 1. The van der Waals surface area contributed by atoms with Crippen LogP contribution in [0.2, 0.25) is 0 Å². The molecule has 0 aliphatic carbocycles. The van der Waals surface area contributed by atoms with Gasteiger partial charge in [-0.05, 0) is 38.3 Å². The van der Waals surface area contributed by atoms with E-state index in [1.807, 2.05) is 0 Å². The topological polar surface area (TPSA) is 226 Å². The van der Waals surface area contributed by atoms with E-state index in [0.717, 1.165) is 5.56 Å². The summed E-state index contributed by atoms with van der Waals surface area (Å²) in [6.45, 7) is 1.73. The molecular formula is C25H37N7O6. The molecule has 0 radical (unpaired) electrons. The maximum Gasteiger partial charge on any atom is 0.326 e. The maximum absolute atomic E-state index is 13.3. The molecule has 0 bridgehead atoms. The molecule has 1 heterocycles. The molecule has 1 aromatic heterocycles. The molecule has 10 N–H and O–H groups in total. The summed E-state index contributed by atoms with van der Waals surface area (Å²) in [5, 5.41) is 27.0. The number of H-pyrrole nitrogens is 1. The number of hydrogen-bond acceptors (Lipinski definition) is 8. The Kier molecular flexibility index (Phi) is 12.4. The summed E-state index contributed by atoms with van der Waals surface area (Å²) in [6.07, 6.45) is 3.08. The van der Waals surface area contributed by atoms with E-state index in [-0.39, 0.29) is 19.3 Å². The fourth-order valence-corrected chi connectivity index (χ4v) is 3.67. The second kappa shape index (κ2) is 15.4. The molecule has 0 saturated heterocycles. The van der Waals surface area contributed by atoms with Gasteiger partial charge in [0.05, 0.1) is 12.4 Å². The third-order valence-corrected chi connectivity index (χ3v) is 5.91. The van der Waals surface area contributed by atoms with Gasteiger partial charge >= 0.3 is 5.97 Å². The molecule has 0 aliphatic rings. The fraction of sp³-hybridized carbons (Fsp3) is 0.480. The number of unbranched alkanes of at least 4 members (excludes halogenated alkanes) is 1. The number of aromatic amines is 1. The van der Waals surface area contributed by atoms with Crippen molar-refractivity contribution in [2.75, 3.05) is 6.54 Å². The number of nitrogens with zero attached hydrogens (tertiary/aromatic N) is 1. The lowest BCUT2D eigenvalue weighted by Gasteiger charge is -2.25. The molecule has 5 unspecified atom stereocenters. The van der Waals surface area contributed by atoms with Crippen LogP contribution in [0.15, 0.2) is 42.9 Å². The molecule has 0 spiro atoms. The third-order valence-electron chi connectivity index (χ3n) is 5.91. The number of hydrogen-bond donors (Lipinski definition) is 8. The van der Waals surface area contributed by atoms with Gasteiger partial charge < -0.3 is 42.6 Å². The summed E-state index contributed by atoms with van der Waals surface area (Å²) < 4.78 is 0. The molecule has 38 heavy (non-hydrogen) atoms.